The quantitative estimate of drug-likeness (QED) is 0.412. The second-order valence-corrected chi connectivity index (χ2v) is 10.1. The Hall–Kier alpha value is -1.78. The number of carbonyl (C=O) groups is 2. The Morgan fingerprint density at radius 3 is 2.07 bits per heavy atom. The van der Waals surface area contributed by atoms with Crippen molar-refractivity contribution < 1.29 is 19.1 Å². The van der Waals surface area contributed by atoms with Crippen LogP contribution in [0.25, 0.3) is 0 Å². The molecular formula is C23H37B2NO4. The number of nitrogens with zero attached hydrogens (tertiary/aromatic N) is 1. The maximum atomic E-state index is 12.7. The van der Waals surface area contributed by atoms with Crippen LogP contribution in [0.1, 0.15) is 67.5 Å². The van der Waals surface area contributed by atoms with Gasteiger partial charge in [0.1, 0.15) is 20.2 Å². The fraction of sp³-hybridized carbons (Fsp3) is 0.696. The molecule has 2 unspecified atom stereocenters. The van der Waals surface area contributed by atoms with Gasteiger partial charge in [-0.25, -0.2) is 0 Å². The summed E-state index contributed by atoms with van der Waals surface area (Å²) in [5.41, 5.74) is -0.342. The van der Waals surface area contributed by atoms with Crippen LogP contribution in [0.5, 0.6) is 0 Å². The molecule has 164 valence electrons. The Labute approximate surface area is 184 Å². The van der Waals surface area contributed by atoms with Crippen LogP contribution in [0, 0.1) is 5.41 Å². The van der Waals surface area contributed by atoms with Gasteiger partial charge in [0.15, 0.2) is 0 Å². The predicted molar refractivity (Wildman–Crippen MR) is 123 cm³/mol. The van der Waals surface area contributed by atoms with Crippen LogP contribution in [0.2, 0.25) is 18.0 Å². The number of ether oxygens (including phenoxy) is 2. The molecule has 2 atom stereocenters. The Morgan fingerprint density at radius 2 is 1.60 bits per heavy atom. The summed E-state index contributed by atoms with van der Waals surface area (Å²) in [7, 11) is 5.43. The summed E-state index contributed by atoms with van der Waals surface area (Å²) >= 11 is 0. The number of esters is 2. The van der Waals surface area contributed by atoms with Gasteiger partial charge in [0.05, 0.1) is 12.5 Å². The first kappa shape index (κ1) is 26.3. The van der Waals surface area contributed by atoms with E-state index in [9.17, 15) is 9.59 Å². The molecule has 30 heavy (non-hydrogen) atoms. The van der Waals surface area contributed by atoms with E-state index < -0.39 is 16.3 Å². The van der Waals surface area contributed by atoms with Crippen molar-refractivity contribution in [2.45, 2.75) is 90.7 Å². The van der Waals surface area contributed by atoms with Crippen molar-refractivity contribution in [1.29, 1.82) is 0 Å². The van der Waals surface area contributed by atoms with E-state index in [0.717, 1.165) is 12.1 Å². The molecule has 1 rings (SSSR count). The van der Waals surface area contributed by atoms with Crippen LogP contribution >= 0.6 is 0 Å². The standard InChI is InChI=1S/C23H37B2NO4/c1-10-22(7,17-13-11-12-14-26-17)25-16-23(8,19(28)29-9)24-15-21(5,6)18(27)30-20(2,3)4/h11-14H,10,15-16H2,1-9H3. The SMILES string of the molecule is CCC(C)([B]CC(C)([B]CC(C)(C)C(=O)OC(C)(C)C)C(=O)OC)c1ccccn1. The highest BCUT2D eigenvalue weighted by molar-refractivity contribution is 6.52. The zero-order valence-corrected chi connectivity index (χ0v) is 20.2. The van der Waals surface area contributed by atoms with Crippen molar-refractivity contribution in [2.75, 3.05) is 7.11 Å². The lowest BCUT2D eigenvalue weighted by atomic mass is 9.36. The number of hydrogen-bond acceptors (Lipinski definition) is 5. The molecule has 0 N–H and O–H groups in total. The molecule has 1 aromatic heterocycles. The van der Waals surface area contributed by atoms with E-state index in [1.165, 1.54) is 7.11 Å². The van der Waals surface area contributed by atoms with Crippen LogP contribution < -0.4 is 0 Å². The van der Waals surface area contributed by atoms with E-state index in [1.54, 1.807) is 6.20 Å². The van der Waals surface area contributed by atoms with E-state index in [1.807, 2.05) is 67.0 Å². The Kier molecular flexibility index (Phi) is 8.77. The first-order valence-electron chi connectivity index (χ1n) is 10.6. The molecule has 0 saturated carbocycles. The molecule has 0 saturated heterocycles. The highest BCUT2D eigenvalue weighted by Crippen LogP contribution is 2.39. The van der Waals surface area contributed by atoms with Crippen LogP contribution in [0.4, 0.5) is 0 Å². The number of methoxy groups -OCH3 is 1. The smallest absolute Gasteiger partial charge is 0.311 e. The lowest BCUT2D eigenvalue weighted by Gasteiger charge is -2.35. The minimum absolute atomic E-state index is 0.273. The molecule has 0 fully saturated rings. The molecule has 2 radical (unpaired) electrons. The monoisotopic (exact) mass is 413 g/mol. The highest BCUT2D eigenvalue weighted by Gasteiger charge is 2.42. The molecule has 7 heteroatoms. The maximum Gasteiger partial charge on any atom is 0.311 e. The summed E-state index contributed by atoms with van der Waals surface area (Å²) in [5.74, 6) is -0.604. The fourth-order valence-corrected chi connectivity index (χ4v) is 3.03. The minimum Gasteiger partial charge on any atom is -0.469 e. The molecular weight excluding hydrogens is 376 g/mol. The molecule has 0 amide bonds. The zero-order valence-electron chi connectivity index (χ0n) is 20.2. The van der Waals surface area contributed by atoms with Crippen molar-refractivity contribution in [1.82, 2.24) is 4.98 Å². The number of carbonyl (C=O) groups excluding carboxylic acids is 2. The van der Waals surface area contributed by atoms with Gasteiger partial charge in [0.2, 0.25) is 0 Å². The van der Waals surface area contributed by atoms with Gasteiger partial charge in [-0.15, -0.1) is 0 Å². The van der Waals surface area contributed by atoms with E-state index in [-0.39, 0.29) is 17.3 Å². The van der Waals surface area contributed by atoms with Gasteiger partial charge in [0, 0.05) is 17.2 Å². The first-order valence-corrected chi connectivity index (χ1v) is 10.6. The van der Waals surface area contributed by atoms with E-state index >= 15 is 0 Å². The van der Waals surface area contributed by atoms with Crippen LogP contribution in [-0.2, 0) is 24.4 Å². The predicted octanol–water partition coefficient (Wildman–Crippen LogP) is 4.67. The average molecular weight is 413 g/mol. The highest BCUT2D eigenvalue weighted by atomic mass is 16.6. The van der Waals surface area contributed by atoms with Gasteiger partial charge in [-0.2, -0.15) is 0 Å². The van der Waals surface area contributed by atoms with Crippen molar-refractivity contribution in [3.8, 4) is 0 Å². The van der Waals surface area contributed by atoms with Gasteiger partial charge >= 0.3 is 11.9 Å². The molecule has 1 heterocycles. The second-order valence-electron chi connectivity index (χ2n) is 10.1. The molecule has 0 aliphatic carbocycles. The molecule has 0 bridgehead atoms. The van der Waals surface area contributed by atoms with Crippen LogP contribution in [-0.4, -0.2) is 44.2 Å². The topological polar surface area (TPSA) is 65.5 Å². The second kappa shape index (κ2) is 10.0. The largest absolute Gasteiger partial charge is 0.469 e. The van der Waals surface area contributed by atoms with Gasteiger partial charge < -0.3 is 9.47 Å². The first-order chi connectivity index (χ1) is 13.7. The molecule has 0 aliphatic rings. The summed E-state index contributed by atoms with van der Waals surface area (Å²) in [6.07, 6.45) is 3.51. The molecule has 5 nitrogen and oxygen atoms in total. The Balaban J connectivity index is 2.96. The summed E-state index contributed by atoms with van der Waals surface area (Å²) in [5, 5.41) is -1.13. The third kappa shape index (κ3) is 7.17. The molecule has 0 aliphatic heterocycles. The number of pyridine rings is 1. The van der Waals surface area contributed by atoms with E-state index in [4.69, 9.17) is 9.47 Å². The summed E-state index contributed by atoms with van der Waals surface area (Å²) in [6, 6.07) is 5.87. The fourth-order valence-electron chi connectivity index (χ4n) is 3.03. The Morgan fingerprint density at radius 1 is 0.967 bits per heavy atom. The number of rotatable bonds is 10. The van der Waals surface area contributed by atoms with E-state index in [2.05, 4.69) is 26.1 Å². The van der Waals surface area contributed by atoms with Gasteiger partial charge in [-0.05, 0) is 38.2 Å². The van der Waals surface area contributed by atoms with Gasteiger partial charge in [-0.1, -0.05) is 59.7 Å². The average Bonchev–Trinajstić information content (AvgIpc) is 2.69. The summed E-state index contributed by atoms with van der Waals surface area (Å²) < 4.78 is 10.7. The molecule has 1 aromatic rings. The van der Waals surface area contributed by atoms with Crippen molar-refractivity contribution in [3.63, 3.8) is 0 Å². The van der Waals surface area contributed by atoms with Crippen molar-refractivity contribution >= 4 is 26.5 Å². The third-order valence-electron chi connectivity index (χ3n) is 5.63. The van der Waals surface area contributed by atoms with Crippen molar-refractivity contribution in [3.05, 3.63) is 30.1 Å². The lowest BCUT2D eigenvalue weighted by Crippen LogP contribution is -2.40. The van der Waals surface area contributed by atoms with Crippen LogP contribution in [0.15, 0.2) is 24.4 Å². The van der Waals surface area contributed by atoms with Crippen molar-refractivity contribution in [2.24, 2.45) is 5.41 Å². The van der Waals surface area contributed by atoms with E-state index in [0.29, 0.717) is 12.6 Å². The number of hydrogen-bond donors (Lipinski definition) is 0. The summed E-state index contributed by atoms with van der Waals surface area (Å²) in [6.45, 7) is 15.3. The lowest BCUT2D eigenvalue weighted by molar-refractivity contribution is -0.164. The summed E-state index contributed by atoms with van der Waals surface area (Å²) in [4.78, 5) is 29.8. The van der Waals surface area contributed by atoms with Gasteiger partial charge in [-0.3, -0.25) is 14.6 Å². The molecule has 0 aromatic carbocycles. The maximum absolute atomic E-state index is 12.7. The molecule has 0 spiro atoms. The zero-order chi connectivity index (χ0) is 23.2. The number of aromatic nitrogens is 1. The van der Waals surface area contributed by atoms with Gasteiger partial charge in [0.25, 0.3) is 0 Å². The normalized spacial score (nSPS) is 16.0. The van der Waals surface area contributed by atoms with Crippen LogP contribution in [0.3, 0.4) is 0 Å². The minimum atomic E-state index is -0.862. The third-order valence-corrected chi connectivity index (χ3v) is 5.63. The Bertz CT molecular complexity index is 718.